The fourth-order valence-electron chi connectivity index (χ4n) is 3.82. The molecule has 0 atom stereocenters. The molecule has 1 aliphatic rings. The van der Waals surface area contributed by atoms with Gasteiger partial charge >= 0.3 is 12.2 Å². The Labute approximate surface area is 246 Å². The summed E-state index contributed by atoms with van der Waals surface area (Å²) < 4.78 is 52.2. The Bertz CT molecular complexity index is 1520. The van der Waals surface area contributed by atoms with Gasteiger partial charge in [-0.2, -0.15) is 13.2 Å². The summed E-state index contributed by atoms with van der Waals surface area (Å²) in [6.45, 7) is 4.33. The molecule has 0 spiro atoms. The molecule has 4 rings (SSSR count). The number of hydrogen-bond donors (Lipinski definition) is 1. The van der Waals surface area contributed by atoms with Crippen molar-refractivity contribution in [1.29, 1.82) is 0 Å². The van der Waals surface area contributed by atoms with Gasteiger partial charge in [0.15, 0.2) is 11.5 Å². The Morgan fingerprint density at radius 2 is 1.73 bits per heavy atom. The number of urea groups is 1. The van der Waals surface area contributed by atoms with Gasteiger partial charge in [0.1, 0.15) is 12.2 Å². The number of barbiturate groups is 1. The lowest BCUT2D eigenvalue weighted by Gasteiger charge is -2.27. The normalized spacial score (nSPS) is 14.9. The number of imide groups is 2. The number of nitrogens with zero attached hydrogens (tertiary/aromatic N) is 1. The van der Waals surface area contributed by atoms with Crippen molar-refractivity contribution in [2.45, 2.75) is 26.6 Å². The van der Waals surface area contributed by atoms with Crippen LogP contribution in [0.15, 0.2) is 60.2 Å². The topological polar surface area (TPSA) is 84.9 Å². The molecule has 3 aromatic rings. The van der Waals surface area contributed by atoms with Crippen molar-refractivity contribution >= 4 is 63.8 Å². The van der Waals surface area contributed by atoms with Gasteiger partial charge < -0.3 is 9.47 Å². The SMILES string of the molecule is CCOc1cc(/C=C2\C(=O)NC(=O)N(c3cc(C(F)(F)F)ccc3Cl)C2=O)cc(I)c1OCc1ccc(C)cc1. The average Bonchev–Trinajstić information content (AvgIpc) is 2.87. The van der Waals surface area contributed by atoms with Gasteiger partial charge in [0.25, 0.3) is 11.8 Å². The number of amides is 4. The summed E-state index contributed by atoms with van der Waals surface area (Å²) in [7, 11) is 0. The lowest BCUT2D eigenvalue weighted by Crippen LogP contribution is -2.54. The maximum Gasteiger partial charge on any atom is 0.416 e. The van der Waals surface area contributed by atoms with Crippen molar-refractivity contribution in [2.24, 2.45) is 0 Å². The summed E-state index contributed by atoms with van der Waals surface area (Å²) in [6.07, 6.45) is -3.54. The number of carbonyl (C=O) groups excluding carboxylic acids is 3. The Hall–Kier alpha value is -3.58. The quantitative estimate of drug-likeness (QED) is 0.166. The zero-order valence-corrected chi connectivity index (χ0v) is 24.0. The Kier molecular flexibility index (Phi) is 8.74. The Morgan fingerprint density at radius 1 is 1.02 bits per heavy atom. The molecule has 7 nitrogen and oxygen atoms in total. The van der Waals surface area contributed by atoms with Crippen molar-refractivity contribution in [2.75, 3.05) is 11.5 Å². The number of rotatable bonds is 7. The van der Waals surface area contributed by atoms with Gasteiger partial charge in [0.2, 0.25) is 0 Å². The van der Waals surface area contributed by atoms with Crippen molar-refractivity contribution in [3.05, 3.63) is 91.0 Å². The number of aryl methyl sites for hydroxylation is 1. The molecule has 1 heterocycles. The molecule has 0 saturated carbocycles. The second kappa shape index (κ2) is 11.9. The summed E-state index contributed by atoms with van der Waals surface area (Å²) in [4.78, 5) is 38.9. The van der Waals surface area contributed by atoms with E-state index in [9.17, 15) is 27.6 Å². The number of hydrogen-bond acceptors (Lipinski definition) is 5. The second-order valence-corrected chi connectivity index (χ2v) is 10.2. The van der Waals surface area contributed by atoms with E-state index in [1.165, 1.54) is 6.08 Å². The average molecular weight is 685 g/mol. The van der Waals surface area contributed by atoms with Gasteiger partial charge in [-0.25, -0.2) is 9.69 Å². The first-order valence-electron chi connectivity index (χ1n) is 11.8. The summed E-state index contributed by atoms with van der Waals surface area (Å²) >= 11 is 8.08. The molecule has 12 heteroatoms. The molecular formula is C28H21ClF3IN2O5. The molecule has 1 fully saturated rings. The molecule has 4 amide bonds. The predicted octanol–water partition coefficient (Wildman–Crippen LogP) is 6.92. The lowest BCUT2D eigenvalue weighted by molar-refractivity contribution is -0.137. The summed E-state index contributed by atoms with van der Waals surface area (Å²) in [6, 6.07) is 12.0. The summed E-state index contributed by atoms with van der Waals surface area (Å²) in [5.74, 6) is -1.34. The standard InChI is InChI=1S/C28H21ClF3IN2O5/c1-3-39-23-12-17(11-21(33)24(23)40-14-16-6-4-15(2)5-7-16)10-19-25(36)34-27(38)35(26(19)37)22-13-18(28(30,31)32)8-9-20(22)29/h4-13H,3,14H2,1-2H3,(H,34,36,38)/b19-10+. The van der Waals surface area contributed by atoms with Crippen LogP contribution in [-0.4, -0.2) is 24.5 Å². The fraction of sp³-hybridized carbons (Fsp3) is 0.179. The largest absolute Gasteiger partial charge is 0.490 e. The molecule has 0 radical (unpaired) electrons. The number of anilines is 1. The van der Waals surface area contributed by atoms with Crippen LogP contribution < -0.4 is 19.7 Å². The van der Waals surface area contributed by atoms with Crippen molar-refractivity contribution < 1.29 is 37.0 Å². The van der Waals surface area contributed by atoms with E-state index in [2.05, 4.69) is 0 Å². The van der Waals surface area contributed by atoms with E-state index in [4.69, 9.17) is 21.1 Å². The smallest absolute Gasteiger partial charge is 0.416 e. The van der Waals surface area contributed by atoms with Crippen LogP contribution in [0.3, 0.4) is 0 Å². The summed E-state index contributed by atoms with van der Waals surface area (Å²) in [5, 5.41) is 1.70. The van der Waals surface area contributed by atoms with Crippen LogP contribution in [0.1, 0.15) is 29.2 Å². The molecular weight excluding hydrogens is 664 g/mol. The highest BCUT2D eigenvalue weighted by Gasteiger charge is 2.39. The Morgan fingerprint density at radius 3 is 2.38 bits per heavy atom. The van der Waals surface area contributed by atoms with Gasteiger partial charge in [0, 0.05) is 0 Å². The molecule has 0 unspecified atom stereocenters. The maximum absolute atomic E-state index is 13.3. The van der Waals surface area contributed by atoms with Crippen LogP contribution in [0.4, 0.5) is 23.7 Å². The zero-order chi connectivity index (χ0) is 29.2. The minimum atomic E-state index is -4.75. The van der Waals surface area contributed by atoms with Crippen LogP contribution in [0, 0.1) is 10.5 Å². The first-order chi connectivity index (χ1) is 18.9. The molecule has 0 aliphatic carbocycles. The first kappa shape index (κ1) is 29.4. The predicted molar refractivity (Wildman–Crippen MR) is 151 cm³/mol. The molecule has 0 bridgehead atoms. The van der Waals surface area contributed by atoms with Crippen LogP contribution in [-0.2, 0) is 22.4 Å². The monoisotopic (exact) mass is 684 g/mol. The van der Waals surface area contributed by atoms with Crippen molar-refractivity contribution in [3.63, 3.8) is 0 Å². The van der Waals surface area contributed by atoms with E-state index in [1.807, 2.05) is 59.1 Å². The highest BCUT2D eigenvalue weighted by molar-refractivity contribution is 14.1. The van der Waals surface area contributed by atoms with E-state index < -0.39 is 40.8 Å². The van der Waals surface area contributed by atoms with Gasteiger partial charge in [-0.05, 0) is 84.0 Å². The number of ether oxygens (including phenoxy) is 2. The zero-order valence-electron chi connectivity index (χ0n) is 21.1. The third-order valence-corrected chi connectivity index (χ3v) is 6.88. The number of carbonyl (C=O) groups is 3. The third kappa shape index (κ3) is 6.41. The van der Waals surface area contributed by atoms with E-state index in [0.717, 1.165) is 23.3 Å². The maximum atomic E-state index is 13.3. The third-order valence-electron chi connectivity index (χ3n) is 5.76. The highest BCUT2D eigenvalue weighted by atomic mass is 127. The molecule has 208 valence electrons. The van der Waals surface area contributed by atoms with E-state index >= 15 is 0 Å². The minimum Gasteiger partial charge on any atom is -0.490 e. The molecule has 1 aliphatic heterocycles. The first-order valence-corrected chi connectivity index (χ1v) is 13.3. The Balaban J connectivity index is 1.69. The van der Waals surface area contributed by atoms with Crippen LogP contribution in [0.5, 0.6) is 11.5 Å². The van der Waals surface area contributed by atoms with Crippen LogP contribution in [0.25, 0.3) is 6.08 Å². The second-order valence-electron chi connectivity index (χ2n) is 8.66. The van der Waals surface area contributed by atoms with Crippen molar-refractivity contribution in [3.8, 4) is 11.5 Å². The van der Waals surface area contributed by atoms with Gasteiger partial charge in [0.05, 0.1) is 26.5 Å². The molecule has 0 aromatic heterocycles. The van der Waals surface area contributed by atoms with Crippen LogP contribution in [0.2, 0.25) is 5.02 Å². The van der Waals surface area contributed by atoms with Crippen LogP contribution >= 0.6 is 34.2 Å². The lowest BCUT2D eigenvalue weighted by atomic mass is 10.1. The fourth-order valence-corrected chi connectivity index (χ4v) is 4.80. The highest BCUT2D eigenvalue weighted by Crippen LogP contribution is 2.38. The minimum absolute atomic E-state index is 0.270. The molecule has 40 heavy (non-hydrogen) atoms. The van der Waals surface area contributed by atoms with Gasteiger partial charge in [-0.3, -0.25) is 14.9 Å². The van der Waals surface area contributed by atoms with E-state index in [1.54, 1.807) is 19.1 Å². The number of benzene rings is 3. The molecule has 3 aromatic carbocycles. The van der Waals surface area contributed by atoms with E-state index in [0.29, 0.717) is 38.2 Å². The van der Waals surface area contributed by atoms with Crippen molar-refractivity contribution in [1.82, 2.24) is 5.32 Å². The number of halogens is 5. The van der Waals surface area contributed by atoms with Gasteiger partial charge in [-0.15, -0.1) is 0 Å². The molecule has 1 N–H and O–H groups in total. The van der Waals surface area contributed by atoms with Gasteiger partial charge in [-0.1, -0.05) is 41.4 Å². The van der Waals surface area contributed by atoms with E-state index in [-0.39, 0.29) is 11.6 Å². The number of nitrogens with one attached hydrogen (secondary N) is 1. The number of alkyl halides is 3. The summed E-state index contributed by atoms with van der Waals surface area (Å²) in [5.41, 5.74) is 0.298. The molecule has 1 saturated heterocycles.